The third-order valence-corrected chi connectivity index (χ3v) is 7.58. The summed E-state index contributed by atoms with van der Waals surface area (Å²) < 4.78 is 0. The van der Waals surface area contributed by atoms with E-state index in [1.807, 2.05) is 49.6 Å². The Balaban J connectivity index is 0.000000778. The summed E-state index contributed by atoms with van der Waals surface area (Å²) in [4.78, 5) is 16.2. The van der Waals surface area contributed by atoms with Gasteiger partial charge in [-0.15, -0.1) is 11.8 Å². The molecule has 1 amide bonds. The van der Waals surface area contributed by atoms with E-state index >= 15 is 0 Å². The van der Waals surface area contributed by atoms with Crippen LogP contribution in [0, 0.1) is 0 Å². The Bertz CT molecular complexity index is 1030. The fraction of sp³-hybridized carbons (Fsp3) is 0.412. The SMILES string of the molecule is C=C(C)PCc1ccccc1.C=N/C(=C\SCNC(=C)CC)c1ccc(C(=O)NC2CNC2)cc1.CC.CCCC. The van der Waals surface area contributed by atoms with Crippen LogP contribution < -0.4 is 16.0 Å². The zero-order valence-corrected chi connectivity index (χ0v) is 28.0. The molecule has 3 N–H and O–H groups in total. The molecule has 0 saturated carbocycles. The van der Waals surface area contributed by atoms with Gasteiger partial charge in [0.25, 0.3) is 5.91 Å². The van der Waals surface area contributed by atoms with Crippen LogP contribution in [0.3, 0.4) is 0 Å². The molecule has 2 aromatic rings. The molecule has 1 heterocycles. The maximum atomic E-state index is 12.1. The van der Waals surface area contributed by atoms with Gasteiger partial charge in [0.1, 0.15) is 0 Å². The molecule has 0 aromatic heterocycles. The van der Waals surface area contributed by atoms with E-state index in [0.717, 1.165) is 57.1 Å². The highest BCUT2D eigenvalue weighted by atomic mass is 32.2. The van der Waals surface area contributed by atoms with Crippen LogP contribution in [0.2, 0.25) is 0 Å². The number of allylic oxidation sites excluding steroid dienone is 2. The van der Waals surface area contributed by atoms with Gasteiger partial charge >= 0.3 is 0 Å². The van der Waals surface area contributed by atoms with Gasteiger partial charge in [-0.1, -0.05) is 117 Å². The van der Waals surface area contributed by atoms with Crippen molar-refractivity contribution in [2.24, 2.45) is 4.99 Å². The summed E-state index contributed by atoms with van der Waals surface area (Å²) in [6.07, 6.45) is 4.70. The number of carbonyl (C=O) groups excluding carboxylic acids is 1. The van der Waals surface area contributed by atoms with E-state index in [4.69, 9.17) is 0 Å². The Morgan fingerprint density at radius 2 is 1.61 bits per heavy atom. The normalized spacial score (nSPS) is 12.3. The van der Waals surface area contributed by atoms with Crippen LogP contribution in [0.25, 0.3) is 5.70 Å². The lowest BCUT2D eigenvalue weighted by atomic mass is 10.1. The molecule has 1 saturated heterocycles. The van der Waals surface area contributed by atoms with E-state index in [1.54, 1.807) is 11.8 Å². The first-order chi connectivity index (χ1) is 19.8. The van der Waals surface area contributed by atoms with Crippen molar-refractivity contribution in [1.29, 1.82) is 0 Å². The minimum Gasteiger partial charge on any atom is -0.379 e. The van der Waals surface area contributed by atoms with Crippen LogP contribution >= 0.6 is 20.3 Å². The van der Waals surface area contributed by atoms with Crippen molar-refractivity contribution >= 4 is 38.7 Å². The predicted molar refractivity (Wildman–Crippen MR) is 188 cm³/mol. The highest BCUT2D eigenvalue weighted by Crippen LogP contribution is 2.25. The van der Waals surface area contributed by atoms with E-state index in [0.29, 0.717) is 5.56 Å². The standard InChI is InChI=1S/C18H24N4OS.C10H13P.C4H10.C2H6/c1-4-13(2)21-12-24-11-17(19-3)14-5-7-15(8-6-14)18(23)22-16-9-20-10-16;1-9(2)11-8-10-6-4-3-5-7-10;1-3-4-2;1-2/h5-8,11,16,20-21H,2-4,9-10,12H2,1H3,(H,22,23);3-7,11H,1,8H2,2H3;3-4H2,1-2H3;1-2H3/b17-11-;;;. The highest BCUT2D eigenvalue weighted by Gasteiger charge is 2.19. The van der Waals surface area contributed by atoms with Gasteiger partial charge in [-0.05, 0) is 49.3 Å². The van der Waals surface area contributed by atoms with Crippen LogP contribution in [0.15, 0.2) is 89.2 Å². The molecule has 1 aliphatic rings. The number of hydrogen-bond donors (Lipinski definition) is 3. The predicted octanol–water partition coefficient (Wildman–Crippen LogP) is 8.82. The minimum atomic E-state index is -0.0400. The summed E-state index contributed by atoms with van der Waals surface area (Å²) in [6.45, 7) is 25.6. The summed E-state index contributed by atoms with van der Waals surface area (Å²) in [5.74, 6) is 0.698. The first-order valence-electron chi connectivity index (χ1n) is 14.6. The van der Waals surface area contributed by atoms with Crippen LogP contribution in [0.4, 0.5) is 0 Å². The van der Waals surface area contributed by atoms with Crippen molar-refractivity contribution in [2.75, 3.05) is 19.0 Å². The number of aliphatic imine (C=N–C) groups is 1. The number of nitrogens with one attached hydrogen (secondary N) is 3. The fourth-order valence-electron chi connectivity index (χ4n) is 2.89. The Labute approximate surface area is 256 Å². The summed E-state index contributed by atoms with van der Waals surface area (Å²) in [6, 6.07) is 18.2. The van der Waals surface area contributed by atoms with Gasteiger partial charge in [-0.3, -0.25) is 9.79 Å². The van der Waals surface area contributed by atoms with E-state index in [1.165, 1.54) is 23.7 Å². The third-order valence-electron chi connectivity index (χ3n) is 5.69. The molecule has 1 atom stereocenters. The molecule has 7 heteroatoms. The molecule has 226 valence electrons. The monoisotopic (exact) mass is 596 g/mol. The van der Waals surface area contributed by atoms with Crippen molar-refractivity contribution in [2.45, 2.75) is 73.0 Å². The zero-order valence-electron chi connectivity index (χ0n) is 26.2. The smallest absolute Gasteiger partial charge is 0.251 e. The Morgan fingerprint density at radius 3 is 2.07 bits per heavy atom. The number of hydrogen-bond acceptors (Lipinski definition) is 5. The van der Waals surface area contributed by atoms with Crippen molar-refractivity contribution < 1.29 is 4.79 Å². The van der Waals surface area contributed by atoms with Gasteiger partial charge in [-0.2, -0.15) is 0 Å². The Hall–Kier alpha value is -2.66. The second-order valence-corrected chi connectivity index (χ2v) is 11.5. The van der Waals surface area contributed by atoms with Crippen molar-refractivity contribution in [3.05, 3.63) is 101 Å². The molecule has 5 nitrogen and oxygen atoms in total. The second-order valence-electron chi connectivity index (χ2n) is 9.13. The molecule has 0 radical (unpaired) electrons. The van der Waals surface area contributed by atoms with Crippen LogP contribution in [0.1, 0.15) is 82.3 Å². The minimum absolute atomic E-state index is 0.0400. The van der Waals surface area contributed by atoms with Gasteiger partial charge in [0.15, 0.2) is 0 Å². The lowest BCUT2D eigenvalue weighted by Gasteiger charge is -2.27. The first kappa shape index (κ1) is 38.3. The van der Waals surface area contributed by atoms with E-state index < -0.39 is 0 Å². The molecule has 0 aliphatic carbocycles. The average Bonchev–Trinajstić information content (AvgIpc) is 2.99. The molecule has 0 spiro atoms. The molecule has 1 aliphatic heterocycles. The summed E-state index contributed by atoms with van der Waals surface area (Å²) in [5.41, 5.74) is 4.81. The largest absolute Gasteiger partial charge is 0.379 e. The third kappa shape index (κ3) is 18.4. The molecule has 41 heavy (non-hydrogen) atoms. The number of nitrogens with zero attached hydrogens (tertiary/aromatic N) is 1. The van der Waals surface area contributed by atoms with Gasteiger partial charge in [-0.25, -0.2) is 0 Å². The number of carbonyl (C=O) groups is 1. The van der Waals surface area contributed by atoms with Crippen LogP contribution in [-0.4, -0.2) is 37.6 Å². The quantitative estimate of drug-likeness (QED) is 0.0936. The topological polar surface area (TPSA) is 65.5 Å². The number of rotatable bonds is 13. The summed E-state index contributed by atoms with van der Waals surface area (Å²) in [5, 5.41) is 12.6. The van der Waals surface area contributed by atoms with Crippen molar-refractivity contribution in [3.8, 4) is 0 Å². The van der Waals surface area contributed by atoms with Gasteiger partial charge in [0.2, 0.25) is 0 Å². The van der Waals surface area contributed by atoms with Gasteiger partial charge in [0.05, 0.1) is 17.6 Å². The van der Waals surface area contributed by atoms with E-state index in [2.05, 4.69) is 92.8 Å². The number of amides is 1. The van der Waals surface area contributed by atoms with Crippen LogP contribution in [-0.2, 0) is 6.16 Å². The molecule has 2 aromatic carbocycles. The Kier molecular flexibility index (Phi) is 23.5. The van der Waals surface area contributed by atoms with E-state index in [-0.39, 0.29) is 11.9 Å². The molecule has 0 bridgehead atoms. The van der Waals surface area contributed by atoms with Crippen molar-refractivity contribution in [1.82, 2.24) is 16.0 Å². The molecule has 3 rings (SSSR count). The van der Waals surface area contributed by atoms with Crippen molar-refractivity contribution in [3.63, 3.8) is 0 Å². The maximum Gasteiger partial charge on any atom is 0.251 e. The number of unbranched alkanes of at least 4 members (excludes halogenated alkanes) is 1. The van der Waals surface area contributed by atoms with E-state index in [9.17, 15) is 4.79 Å². The summed E-state index contributed by atoms with van der Waals surface area (Å²) in [7, 11) is 0.872. The molecule has 1 fully saturated rings. The molecular weight excluding hydrogens is 543 g/mol. The van der Waals surface area contributed by atoms with Gasteiger partial charge < -0.3 is 16.0 Å². The second kappa shape index (κ2) is 25.1. The molecule has 1 unspecified atom stereocenters. The van der Waals surface area contributed by atoms with Crippen LogP contribution in [0.5, 0.6) is 0 Å². The maximum absolute atomic E-state index is 12.1. The zero-order chi connectivity index (χ0) is 30.9. The fourth-order valence-corrected chi connectivity index (χ4v) is 4.37. The molecular formula is C34H53N4OPS. The lowest BCUT2D eigenvalue weighted by molar-refractivity contribution is 0.0924. The van der Waals surface area contributed by atoms with Gasteiger partial charge in [0, 0.05) is 29.9 Å². The number of benzene rings is 2. The highest BCUT2D eigenvalue weighted by molar-refractivity contribution is 8.02. The summed E-state index contributed by atoms with van der Waals surface area (Å²) >= 11 is 1.60. The Morgan fingerprint density at radius 1 is 1.02 bits per heavy atom. The number of thioether (sulfide) groups is 1. The lowest BCUT2D eigenvalue weighted by Crippen LogP contribution is -2.56. The first-order valence-corrected chi connectivity index (χ1v) is 16.8. The average molecular weight is 597 g/mol.